The SMILES string of the molecule is COCc1nc(C(C)C)nc(N2CCN(C(=O)c3cccs3)CC2)c1Cc1cc(C)ccc1C. The molecule has 6 nitrogen and oxygen atoms in total. The van der Waals surface area contributed by atoms with Crippen LogP contribution in [-0.4, -0.2) is 54.1 Å². The lowest BCUT2D eigenvalue weighted by molar-refractivity contribution is 0.0751. The zero-order valence-corrected chi connectivity index (χ0v) is 21.6. The molecule has 1 aromatic carbocycles. The van der Waals surface area contributed by atoms with Gasteiger partial charge >= 0.3 is 0 Å². The molecule has 1 amide bonds. The van der Waals surface area contributed by atoms with E-state index in [0.717, 1.165) is 47.3 Å². The first-order chi connectivity index (χ1) is 16.4. The smallest absolute Gasteiger partial charge is 0.264 e. The number of benzene rings is 1. The highest BCUT2D eigenvalue weighted by molar-refractivity contribution is 7.12. The van der Waals surface area contributed by atoms with Crippen LogP contribution in [0, 0.1) is 13.8 Å². The first kappa shape index (κ1) is 24.4. The third kappa shape index (κ3) is 5.31. The molecule has 0 bridgehead atoms. The number of aryl methyl sites for hydroxylation is 2. The van der Waals surface area contributed by atoms with Gasteiger partial charge < -0.3 is 14.5 Å². The van der Waals surface area contributed by atoms with Crippen LogP contribution in [-0.2, 0) is 17.8 Å². The van der Waals surface area contributed by atoms with Crippen molar-refractivity contribution in [2.24, 2.45) is 0 Å². The summed E-state index contributed by atoms with van der Waals surface area (Å²) in [6, 6.07) is 10.4. The molecule has 2 aromatic heterocycles. The molecule has 7 heteroatoms. The van der Waals surface area contributed by atoms with E-state index in [0.29, 0.717) is 19.7 Å². The van der Waals surface area contributed by atoms with E-state index in [2.05, 4.69) is 50.8 Å². The van der Waals surface area contributed by atoms with Gasteiger partial charge in [-0.25, -0.2) is 9.97 Å². The number of anilines is 1. The van der Waals surface area contributed by atoms with E-state index in [1.807, 2.05) is 22.4 Å². The van der Waals surface area contributed by atoms with Gasteiger partial charge in [0.1, 0.15) is 11.6 Å². The van der Waals surface area contributed by atoms with Crippen molar-refractivity contribution in [1.29, 1.82) is 0 Å². The van der Waals surface area contributed by atoms with E-state index in [-0.39, 0.29) is 11.8 Å². The molecule has 0 aliphatic carbocycles. The van der Waals surface area contributed by atoms with Crippen LogP contribution in [0.4, 0.5) is 5.82 Å². The molecular weight excluding hydrogens is 444 g/mol. The van der Waals surface area contributed by atoms with Crippen LogP contribution in [0.3, 0.4) is 0 Å². The summed E-state index contributed by atoms with van der Waals surface area (Å²) in [6.07, 6.45) is 0.758. The van der Waals surface area contributed by atoms with Gasteiger partial charge in [0.2, 0.25) is 0 Å². The Bertz CT molecular complexity index is 1140. The summed E-state index contributed by atoms with van der Waals surface area (Å²) in [5.41, 5.74) is 5.87. The molecule has 4 rings (SSSR count). The van der Waals surface area contributed by atoms with Crippen LogP contribution in [0.1, 0.15) is 63.2 Å². The highest BCUT2D eigenvalue weighted by Crippen LogP contribution is 2.29. The number of rotatable bonds is 7. The molecule has 0 unspecified atom stereocenters. The number of piperazine rings is 1. The Morgan fingerprint density at radius 1 is 1.12 bits per heavy atom. The fourth-order valence-corrected chi connectivity index (χ4v) is 5.04. The Balaban J connectivity index is 1.67. The fourth-order valence-electron chi connectivity index (χ4n) is 4.35. The number of carbonyl (C=O) groups excluding carboxylic acids is 1. The number of aromatic nitrogens is 2. The Hall–Kier alpha value is -2.77. The van der Waals surface area contributed by atoms with Crippen LogP contribution in [0.2, 0.25) is 0 Å². The molecule has 3 heterocycles. The topological polar surface area (TPSA) is 58.6 Å². The van der Waals surface area contributed by atoms with Crippen molar-refractivity contribution >= 4 is 23.1 Å². The van der Waals surface area contributed by atoms with E-state index in [1.54, 1.807) is 7.11 Å². The van der Waals surface area contributed by atoms with E-state index in [9.17, 15) is 4.79 Å². The Kier molecular flexibility index (Phi) is 7.63. The number of ether oxygens (including phenoxy) is 1. The molecule has 180 valence electrons. The number of amides is 1. The van der Waals surface area contributed by atoms with E-state index < -0.39 is 0 Å². The first-order valence-corrected chi connectivity index (χ1v) is 12.8. The molecule has 1 fully saturated rings. The van der Waals surface area contributed by atoms with E-state index in [1.165, 1.54) is 28.0 Å². The lowest BCUT2D eigenvalue weighted by Gasteiger charge is -2.36. The summed E-state index contributed by atoms with van der Waals surface area (Å²) in [6.45, 7) is 11.8. The van der Waals surface area contributed by atoms with Gasteiger partial charge in [0, 0.05) is 51.2 Å². The molecule has 3 aromatic rings. The van der Waals surface area contributed by atoms with Crippen molar-refractivity contribution in [3.05, 3.63) is 74.4 Å². The predicted molar refractivity (Wildman–Crippen MR) is 138 cm³/mol. The minimum absolute atomic E-state index is 0.121. The van der Waals surface area contributed by atoms with Crippen molar-refractivity contribution in [2.45, 2.75) is 46.6 Å². The van der Waals surface area contributed by atoms with Crippen molar-refractivity contribution in [3.8, 4) is 0 Å². The van der Waals surface area contributed by atoms with Crippen molar-refractivity contribution < 1.29 is 9.53 Å². The lowest BCUT2D eigenvalue weighted by Crippen LogP contribution is -2.49. The second-order valence-electron chi connectivity index (χ2n) is 9.28. The summed E-state index contributed by atoms with van der Waals surface area (Å²) in [5.74, 6) is 2.15. The van der Waals surface area contributed by atoms with Gasteiger partial charge in [-0.2, -0.15) is 0 Å². The zero-order valence-electron chi connectivity index (χ0n) is 20.8. The van der Waals surface area contributed by atoms with Crippen LogP contribution in [0.15, 0.2) is 35.7 Å². The fraction of sp³-hybridized carbons (Fsp3) is 0.444. The maximum atomic E-state index is 12.8. The molecule has 0 radical (unpaired) electrons. The van der Waals surface area contributed by atoms with Crippen LogP contribution in [0.25, 0.3) is 0 Å². The van der Waals surface area contributed by atoms with E-state index in [4.69, 9.17) is 14.7 Å². The molecular formula is C27H34N4O2S. The highest BCUT2D eigenvalue weighted by atomic mass is 32.1. The van der Waals surface area contributed by atoms with Gasteiger partial charge in [-0.05, 0) is 36.4 Å². The van der Waals surface area contributed by atoms with Crippen molar-refractivity contribution in [1.82, 2.24) is 14.9 Å². The molecule has 0 N–H and O–H groups in total. The quantitative estimate of drug-likeness (QED) is 0.479. The molecule has 1 aliphatic rings. The molecule has 0 spiro atoms. The minimum Gasteiger partial charge on any atom is -0.378 e. The number of nitrogens with zero attached hydrogens (tertiary/aromatic N) is 4. The molecule has 1 aliphatic heterocycles. The summed E-state index contributed by atoms with van der Waals surface area (Å²) in [5, 5.41) is 1.95. The van der Waals surface area contributed by atoms with Gasteiger partial charge in [-0.15, -0.1) is 11.3 Å². The van der Waals surface area contributed by atoms with Crippen LogP contribution >= 0.6 is 11.3 Å². The average molecular weight is 479 g/mol. The highest BCUT2D eigenvalue weighted by Gasteiger charge is 2.27. The third-order valence-electron chi connectivity index (χ3n) is 6.36. The number of hydrogen-bond donors (Lipinski definition) is 0. The van der Waals surface area contributed by atoms with Gasteiger partial charge in [0.15, 0.2) is 0 Å². The van der Waals surface area contributed by atoms with Crippen LogP contribution in [0.5, 0.6) is 0 Å². The Labute approximate surface area is 206 Å². The van der Waals surface area contributed by atoms with E-state index >= 15 is 0 Å². The van der Waals surface area contributed by atoms with Crippen molar-refractivity contribution in [3.63, 3.8) is 0 Å². The predicted octanol–water partition coefficient (Wildman–Crippen LogP) is 4.98. The molecule has 34 heavy (non-hydrogen) atoms. The lowest BCUT2D eigenvalue weighted by atomic mass is 9.97. The number of hydrogen-bond acceptors (Lipinski definition) is 6. The maximum Gasteiger partial charge on any atom is 0.264 e. The first-order valence-electron chi connectivity index (χ1n) is 11.9. The van der Waals surface area contributed by atoms with Crippen LogP contribution < -0.4 is 4.90 Å². The largest absolute Gasteiger partial charge is 0.378 e. The zero-order chi connectivity index (χ0) is 24.2. The van der Waals surface area contributed by atoms with Gasteiger partial charge in [-0.1, -0.05) is 43.7 Å². The van der Waals surface area contributed by atoms with Gasteiger partial charge in [0.25, 0.3) is 5.91 Å². The second-order valence-corrected chi connectivity index (χ2v) is 10.2. The summed E-state index contributed by atoms with van der Waals surface area (Å²) in [4.78, 5) is 27.9. The number of methoxy groups -OCH3 is 1. The maximum absolute atomic E-state index is 12.8. The number of carbonyl (C=O) groups is 1. The molecule has 0 atom stereocenters. The Morgan fingerprint density at radius 2 is 1.88 bits per heavy atom. The number of thiophene rings is 1. The van der Waals surface area contributed by atoms with Crippen molar-refractivity contribution in [2.75, 3.05) is 38.2 Å². The molecule has 1 saturated heterocycles. The van der Waals surface area contributed by atoms with Gasteiger partial charge in [-0.3, -0.25) is 4.79 Å². The summed E-state index contributed by atoms with van der Waals surface area (Å²) < 4.78 is 5.57. The third-order valence-corrected chi connectivity index (χ3v) is 7.21. The average Bonchev–Trinajstić information content (AvgIpc) is 3.37. The normalized spacial score (nSPS) is 14.2. The summed E-state index contributed by atoms with van der Waals surface area (Å²) >= 11 is 1.50. The minimum atomic E-state index is 0.121. The monoisotopic (exact) mass is 478 g/mol. The summed E-state index contributed by atoms with van der Waals surface area (Å²) in [7, 11) is 1.72. The van der Waals surface area contributed by atoms with Gasteiger partial charge in [0.05, 0.1) is 17.2 Å². The Morgan fingerprint density at radius 3 is 2.53 bits per heavy atom. The molecule has 0 saturated carbocycles. The second kappa shape index (κ2) is 10.7. The standard InChI is InChI=1S/C27H34N4O2S/c1-18(2)25-28-23(17-33-5)22(16-21-15-19(3)8-9-20(21)4)26(29-25)30-10-12-31(13-11-30)27(32)24-7-6-14-34-24/h6-9,14-15,18H,10-13,16-17H2,1-5H3.